The zero-order valence-electron chi connectivity index (χ0n) is 11.0. The molecule has 0 saturated heterocycles. The Morgan fingerprint density at radius 3 is 2.26 bits per heavy atom. The summed E-state index contributed by atoms with van der Waals surface area (Å²) < 4.78 is 0. The van der Waals surface area contributed by atoms with E-state index in [2.05, 4.69) is 5.32 Å². The van der Waals surface area contributed by atoms with Gasteiger partial charge >= 0.3 is 0 Å². The highest BCUT2D eigenvalue weighted by Gasteiger charge is 2.15. The lowest BCUT2D eigenvalue weighted by atomic mass is 10.0. The number of hydrogen-bond acceptors (Lipinski definition) is 4. The van der Waals surface area contributed by atoms with Gasteiger partial charge in [0.2, 0.25) is 0 Å². The van der Waals surface area contributed by atoms with Crippen molar-refractivity contribution in [2.45, 2.75) is 13.8 Å². The number of guanidine groups is 1. The van der Waals surface area contributed by atoms with Crippen molar-refractivity contribution < 1.29 is 0 Å². The SMILES string of the molecule is CC1=CC(=C(C#N)C#N)C=C(C)N1CCNC(=N)N. The van der Waals surface area contributed by atoms with Crippen molar-refractivity contribution in [3.63, 3.8) is 0 Å². The molecule has 0 aliphatic carbocycles. The summed E-state index contributed by atoms with van der Waals surface area (Å²) in [7, 11) is 0. The lowest BCUT2D eigenvalue weighted by Crippen LogP contribution is -2.37. The third-order valence-electron chi connectivity index (χ3n) is 2.74. The van der Waals surface area contributed by atoms with Crippen LogP contribution < -0.4 is 11.1 Å². The van der Waals surface area contributed by atoms with Gasteiger partial charge in [-0.15, -0.1) is 0 Å². The first-order valence-electron chi connectivity index (χ1n) is 5.76. The normalized spacial score (nSPS) is 13.9. The van der Waals surface area contributed by atoms with Gasteiger partial charge in [0.05, 0.1) is 0 Å². The second kappa shape index (κ2) is 6.27. The van der Waals surface area contributed by atoms with Crippen molar-refractivity contribution in [1.82, 2.24) is 10.2 Å². The molecule has 1 heterocycles. The molecule has 0 radical (unpaired) electrons. The topological polar surface area (TPSA) is 113 Å². The first-order chi connectivity index (χ1) is 8.99. The monoisotopic (exact) mass is 256 g/mol. The predicted molar refractivity (Wildman–Crippen MR) is 72.4 cm³/mol. The maximum atomic E-state index is 8.87. The molecule has 98 valence electrons. The van der Waals surface area contributed by atoms with E-state index in [9.17, 15) is 0 Å². The van der Waals surface area contributed by atoms with Crippen LogP contribution in [0, 0.1) is 28.1 Å². The van der Waals surface area contributed by atoms with E-state index >= 15 is 0 Å². The van der Waals surface area contributed by atoms with E-state index in [0.29, 0.717) is 18.7 Å². The fourth-order valence-electron chi connectivity index (χ4n) is 1.88. The van der Waals surface area contributed by atoms with Crippen LogP contribution in [0.1, 0.15) is 13.8 Å². The van der Waals surface area contributed by atoms with Crippen LogP contribution >= 0.6 is 0 Å². The van der Waals surface area contributed by atoms with E-state index in [4.69, 9.17) is 21.7 Å². The van der Waals surface area contributed by atoms with E-state index in [1.807, 2.05) is 43.0 Å². The number of allylic oxidation sites excluding steroid dienone is 6. The van der Waals surface area contributed by atoms with Crippen LogP contribution in [0.5, 0.6) is 0 Å². The molecule has 0 spiro atoms. The van der Waals surface area contributed by atoms with E-state index in [1.54, 1.807) is 0 Å². The fourth-order valence-corrected chi connectivity index (χ4v) is 1.88. The maximum Gasteiger partial charge on any atom is 0.185 e. The molecule has 4 N–H and O–H groups in total. The van der Waals surface area contributed by atoms with Crippen LogP contribution in [0.15, 0.2) is 34.7 Å². The molecule has 0 aromatic heterocycles. The second-order valence-electron chi connectivity index (χ2n) is 4.12. The molecular weight excluding hydrogens is 240 g/mol. The van der Waals surface area contributed by atoms with E-state index in [-0.39, 0.29) is 11.5 Å². The fraction of sp³-hybridized carbons (Fsp3) is 0.308. The van der Waals surface area contributed by atoms with Gasteiger partial charge in [-0.25, -0.2) is 0 Å². The first-order valence-corrected chi connectivity index (χ1v) is 5.76. The highest BCUT2D eigenvalue weighted by Crippen LogP contribution is 2.23. The minimum absolute atomic E-state index is 0.0582. The van der Waals surface area contributed by atoms with Gasteiger partial charge in [-0.05, 0) is 26.0 Å². The van der Waals surface area contributed by atoms with Crippen molar-refractivity contribution in [3.8, 4) is 12.1 Å². The summed E-state index contributed by atoms with van der Waals surface area (Å²) in [6.07, 6.45) is 3.62. The Morgan fingerprint density at radius 1 is 1.32 bits per heavy atom. The molecule has 0 bridgehead atoms. The number of hydrogen-bond donors (Lipinski definition) is 3. The average molecular weight is 256 g/mol. The van der Waals surface area contributed by atoms with Gasteiger partial charge in [-0.2, -0.15) is 10.5 Å². The molecular formula is C13H16N6. The summed E-state index contributed by atoms with van der Waals surface area (Å²) in [5.41, 5.74) is 7.86. The Balaban J connectivity index is 2.88. The molecule has 19 heavy (non-hydrogen) atoms. The highest BCUT2D eigenvalue weighted by atomic mass is 15.2. The Hall–Kier alpha value is -2.73. The van der Waals surface area contributed by atoms with Crippen LogP contribution in [0.3, 0.4) is 0 Å². The first kappa shape index (κ1) is 14.3. The van der Waals surface area contributed by atoms with Crippen LogP contribution in [0.25, 0.3) is 0 Å². The lowest BCUT2D eigenvalue weighted by molar-refractivity contribution is 0.426. The minimum Gasteiger partial charge on any atom is -0.370 e. The number of nitriles is 2. The second-order valence-corrected chi connectivity index (χ2v) is 4.12. The zero-order chi connectivity index (χ0) is 14.4. The summed E-state index contributed by atoms with van der Waals surface area (Å²) in [6, 6.07) is 3.78. The molecule has 0 atom stereocenters. The largest absolute Gasteiger partial charge is 0.370 e. The molecule has 6 nitrogen and oxygen atoms in total. The highest BCUT2D eigenvalue weighted by molar-refractivity contribution is 5.74. The molecule has 0 unspecified atom stereocenters. The summed E-state index contributed by atoms with van der Waals surface area (Å²) in [6.45, 7) is 5.04. The summed E-state index contributed by atoms with van der Waals surface area (Å²) >= 11 is 0. The third-order valence-corrected chi connectivity index (χ3v) is 2.74. The van der Waals surface area contributed by atoms with Crippen molar-refractivity contribution in [2.75, 3.05) is 13.1 Å². The predicted octanol–water partition coefficient (Wildman–Crippen LogP) is 0.936. The number of rotatable bonds is 3. The molecule has 0 amide bonds. The van der Waals surface area contributed by atoms with E-state index in [1.165, 1.54) is 0 Å². The minimum atomic E-state index is -0.0582. The van der Waals surface area contributed by atoms with Crippen LogP contribution in [0.4, 0.5) is 0 Å². The van der Waals surface area contributed by atoms with E-state index in [0.717, 1.165) is 11.4 Å². The number of nitrogens with one attached hydrogen (secondary N) is 2. The van der Waals surface area contributed by atoms with Crippen molar-refractivity contribution >= 4 is 5.96 Å². The van der Waals surface area contributed by atoms with Gasteiger partial charge in [-0.1, -0.05) is 0 Å². The average Bonchev–Trinajstić information content (AvgIpc) is 2.34. The summed E-state index contributed by atoms with van der Waals surface area (Å²) in [5, 5.41) is 27.6. The van der Waals surface area contributed by atoms with Crippen molar-refractivity contribution in [1.29, 1.82) is 15.9 Å². The van der Waals surface area contributed by atoms with Gasteiger partial charge < -0.3 is 16.0 Å². The molecule has 6 heteroatoms. The van der Waals surface area contributed by atoms with Crippen molar-refractivity contribution in [3.05, 3.63) is 34.7 Å². The zero-order valence-corrected chi connectivity index (χ0v) is 11.0. The Kier molecular flexibility index (Phi) is 4.73. The number of nitrogens with two attached hydrogens (primary N) is 1. The summed E-state index contributed by atoms with van der Waals surface area (Å²) in [4.78, 5) is 2.03. The third kappa shape index (κ3) is 3.62. The van der Waals surface area contributed by atoms with Crippen LogP contribution in [0.2, 0.25) is 0 Å². The molecule has 0 aromatic carbocycles. The standard InChI is InChI=1S/C13H16N6/c1-9-5-11(12(7-14)8-15)6-10(2)19(9)4-3-18-13(16)17/h5-6H,3-4H2,1-2H3,(H4,16,17,18). The quantitative estimate of drug-likeness (QED) is 0.395. The maximum absolute atomic E-state index is 8.87. The molecule has 0 aromatic rings. The summed E-state index contributed by atoms with van der Waals surface area (Å²) in [5.74, 6) is -0.0582. The van der Waals surface area contributed by atoms with Gasteiger partial charge in [0, 0.05) is 30.1 Å². The van der Waals surface area contributed by atoms with Gasteiger partial charge in [0.25, 0.3) is 0 Å². The van der Waals surface area contributed by atoms with Gasteiger partial charge in [-0.3, -0.25) is 5.41 Å². The molecule has 1 rings (SSSR count). The van der Waals surface area contributed by atoms with Crippen LogP contribution in [-0.2, 0) is 0 Å². The van der Waals surface area contributed by atoms with Gasteiger partial charge in [0.15, 0.2) is 5.96 Å². The number of nitrogens with zero attached hydrogens (tertiary/aromatic N) is 3. The lowest BCUT2D eigenvalue weighted by Gasteiger charge is -2.29. The molecule has 0 fully saturated rings. The smallest absolute Gasteiger partial charge is 0.185 e. The molecule has 1 aliphatic rings. The Bertz CT molecular complexity index is 515. The van der Waals surface area contributed by atoms with Crippen LogP contribution in [-0.4, -0.2) is 23.9 Å². The van der Waals surface area contributed by atoms with Crippen molar-refractivity contribution in [2.24, 2.45) is 5.73 Å². The van der Waals surface area contributed by atoms with E-state index < -0.39 is 0 Å². The Labute approximate surface area is 112 Å². The van der Waals surface area contributed by atoms with Gasteiger partial charge in [0.1, 0.15) is 17.7 Å². The molecule has 1 aliphatic heterocycles. The molecule has 0 saturated carbocycles. The Morgan fingerprint density at radius 2 is 1.84 bits per heavy atom.